The minimum absolute atomic E-state index is 0.150. The van der Waals surface area contributed by atoms with Crippen LogP contribution in [0.1, 0.15) is 18.1 Å². The molecule has 2 heterocycles. The van der Waals surface area contributed by atoms with Crippen molar-refractivity contribution >= 4 is 45.9 Å². The molecule has 158 valence electrons. The smallest absolute Gasteiger partial charge is 0.258 e. The Kier molecular flexibility index (Phi) is 6.34. The number of nitrogens with zero attached hydrogens (tertiary/aromatic N) is 4. The Bertz CT molecular complexity index is 1300. The van der Waals surface area contributed by atoms with Gasteiger partial charge in [0.15, 0.2) is 5.16 Å². The van der Waals surface area contributed by atoms with Gasteiger partial charge < -0.3 is 14.9 Å². The number of aromatic nitrogens is 5. The van der Waals surface area contributed by atoms with E-state index < -0.39 is 0 Å². The van der Waals surface area contributed by atoms with E-state index in [-0.39, 0.29) is 17.9 Å². The fourth-order valence-corrected chi connectivity index (χ4v) is 4.01. The molecule has 0 atom stereocenters. The summed E-state index contributed by atoms with van der Waals surface area (Å²) in [6, 6.07) is 14.3. The summed E-state index contributed by atoms with van der Waals surface area (Å²) in [5.74, 6) is 1.55. The number of anilines is 1. The molecule has 0 spiro atoms. The van der Waals surface area contributed by atoms with Crippen LogP contribution >= 0.6 is 23.4 Å². The van der Waals surface area contributed by atoms with E-state index in [1.807, 2.05) is 35.9 Å². The van der Waals surface area contributed by atoms with Gasteiger partial charge in [0.05, 0.1) is 27.4 Å². The Morgan fingerprint density at radius 2 is 1.94 bits per heavy atom. The van der Waals surface area contributed by atoms with Gasteiger partial charge in [0.1, 0.15) is 11.6 Å². The van der Waals surface area contributed by atoms with E-state index >= 15 is 0 Å². The molecule has 0 saturated heterocycles. The molecule has 0 unspecified atom stereocenters. The molecule has 0 aliphatic rings. The predicted molar refractivity (Wildman–Crippen MR) is 121 cm³/mol. The highest BCUT2D eigenvalue weighted by Crippen LogP contribution is 2.22. The number of hydrogen-bond donors (Lipinski definition) is 2. The number of rotatable bonds is 7. The number of carbonyl (C=O) groups excluding carboxylic acids is 1. The lowest BCUT2D eigenvalue weighted by atomic mass is 10.2. The summed E-state index contributed by atoms with van der Waals surface area (Å²) in [5.41, 5.74) is 1.08. The van der Waals surface area contributed by atoms with Crippen molar-refractivity contribution in [3.63, 3.8) is 0 Å². The van der Waals surface area contributed by atoms with Gasteiger partial charge in [-0.3, -0.25) is 9.59 Å². The first-order valence-corrected chi connectivity index (χ1v) is 10.9. The minimum Gasteiger partial charge on any atom is -0.325 e. The van der Waals surface area contributed by atoms with Crippen LogP contribution in [0.5, 0.6) is 0 Å². The fraction of sp³-hybridized carbons (Fsp3) is 0.190. The first-order chi connectivity index (χ1) is 15.0. The largest absolute Gasteiger partial charge is 0.325 e. The van der Waals surface area contributed by atoms with Gasteiger partial charge in [0.2, 0.25) is 5.91 Å². The summed E-state index contributed by atoms with van der Waals surface area (Å²) in [4.78, 5) is 31.7. The molecule has 4 aromatic rings. The third-order valence-corrected chi connectivity index (χ3v) is 6.01. The van der Waals surface area contributed by atoms with Crippen molar-refractivity contribution in [2.75, 3.05) is 5.32 Å². The maximum absolute atomic E-state index is 12.2. The number of hydrogen-bond acceptors (Lipinski definition) is 6. The van der Waals surface area contributed by atoms with Crippen molar-refractivity contribution in [1.82, 2.24) is 24.7 Å². The number of benzene rings is 2. The number of para-hydroxylation sites is 2. The molecule has 1 amide bonds. The number of nitrogens with one attached hydrogen (secondary N) is 2. The number of carbonyl (C=O) groups is 1. The van der Waals surface area contributed by atoms with Crippen molar-refractivity contribution in [1.29, 1.82) is 0 Å². The molecule has 2 aromatic heterocycles. The van der Waals surface area contributed by atoms with E-state index in [9.17, 15) is 9.59 Å². The molecule has 0 saturated carbocycles. The summed E-state index contributed by atoms with van der Waals surface area (Å²) >= 11 is 7.49. The maximum atomic E-state index is 12.2. The Morgan fingerprint density at radius 3 is 2.77 bits per heavy atom. The van der Waals surface area contributed by atoms with Gasteiger partial charge in [-0.05, 0) is 24.3 Å². The number of aromatic amines is 1. The molecular weight excluding hydrogens is 436 g/mol. The van der Waals surface area contributed by atoms with Gasteiger partial charge in [0.25, 0.3) is 5.56 Å². The van der Waals surface area contributed by atoms with E-state index in [2.05, 4.69) is 25.5 Å². The van der Waals surface area contributed by atoms with Crippen LogP contribution in [0.3, 0.4) is 0 Å². The summed E-state index contributed by atoms with van der Waals surface area (Å²) in [6.07, 6.45) is 0.687. The number of H-pyrrole nitrogens is 1. The van der Waals surface area contributed by atoms with Crippen molar-refractivity contribution in [2.45, 2.75) is 23.8 Å². The van der Waals surface area contributed by atoms with Gasteiger partial charge in [0, 0.05) is 19.9 Å². The second kappa shape index (κ2) is 9.32. The molecular formula is C21H19ClN6O2S. The molecule has 0 aliphatic heterocycles. The Labute approximate surface area is 187 Å². The summed E-state index contributed by atoms with van der Waals surface area (Å²) in [7, 11) is 1.85. The predicted octanol–water partition coefficient (Wildman–Crippen LogP) is 3.57. The zero-order valence-electron chi connectivity index (χ0n) is 16.6. The van der Waals surface area contributed by atoms with Crippen LogP contribution < -0.4 is 10.9 Å². The monoisotopic (exact) mass is 454 g/mol. The number of thioether (sulfide) groups is 1. The molecule has 8 nitrogen and oxygen atoms in total. The van der Waals surface area contributed by atoms with E-state index in [0.29, 0.717) is 50.6 Å². The van der Waals surface area contributed by atoms with Gasteiger partial charge in [-0.1, -0.05) is 47.6 Å². The second-order valence-corrected chi connectivity index (χ2v) is 8.15. The van der Waals surface area contributed by atoms with E-state index in [1.54, 1.807) is 24.3 Å². The SMILES string of the molecule is Cn1c(CCC(=O)Nc2ccccc2Cl)nnc1SCc1nc2ccccc2c(=O)[nH]1. The third kappa shape index (κ3) is 4.95. The van der Waals surface area contributed by atoms with Crippen molar-refractivity contribution in [3.8, 4) is 0 Å². The summed E-state index contributed by atoms with van der Waals surface area (Å²) in [5, 5.41) is 12.9. The van der Waals surface area contributed by atoms with Crippen LogP contribution in [0.25, 0.3) is 10.9 Å². The molecule has 4 rings (SSSR count). The van der Waals surface area contributed by atoms with Crippen molar-refractivity contribution in [3.05, 3.63) is 75.6 Å². The lowest BCUT2D eigenvalue weighted by molar-refractivity contribution is -0.116. The van der Waals surface area contributed by atoms with Crippen LogP contribution in [0.15, 0.2) is 58.5 Å². The van der Waals surface area contributed by atoms with Crippen LogP contribution in [0, 0.1) is 0 Å². The summed E-state index contributed by atoms with van der Waals surface area (Å²) in [6.45, 7) is 0. The quantitative estimate of drug-likeness (QED) is 0.413. The lowest BCUT2D eigenvalue weighted by Crippen LogP contribution is -2.14. The van der Waals surface area contributed by atoms with Crippen molar-refractivity contribution in [2.24, 2.45) is 7.05 Å². The minimum atomic E-state index is -0.163. The van der Waals surface area contributed by atoms with Gasteiger partial charge in [-0.15, -0.1) is 10.2 Å². The van der Waals surface area contributed by atoms with Gasteiger partial charge in [-0.2, -0.15) is 0 Å². The van der Waals surface area contributed by atoms with Crippen LogP contribution in [0.2, 0.25) is 5.02 Å². The zero-order valence-corrected chi connectivity index (χ0v) is 18.2. The van der Waals surface area contributed by atoms with E-state index in [0.717, 1.165) is 0 Å². The van der Waals surface area contributed by atoms with E-state index in [4.69, 9.17) is 11.6 Å². The topological polar surface area (TPSA) is 106 Å². The molecule has 2 aromatic carbocycles. The van der Waals surface area contributed by atoms with Gasteiger partial charge in [-0.25, -0.2) is 4.98 Å². The Hall–Kier alpha value is -3.17. The first-order valence-electron chi connectivity index (χ1n) is 9.54. The molecule has 0 fully saturated rings. The standard InChI is InChI=1S/C21H19ClN6O2S/c1-28-18(10-11-19(29)24-16-9-5-3-7-14(16)22)26-27-21(28)31-12-17-23-15-8-4-2-6-13(15)20(30)25-17/h2-9H,10-12H2,1H3,(H,24,29)(H,23,25,30). The average molecular weight is 455 g/mol. The molecule has 31 heavy (non-hydrogen) atoms. The molecule has 0 aliphatic carbocycles. The lowest BCUT2D eigenvalue weighted by Gasteiger charge is -2.07. The molecule has 2 N–H and O–H groups in total. The molecule has 0 bridgehead atoms. The normalized spacial score (nSPS) is 11.0. The second-order valence-electron chi connectivity index (χ2n) is 6.80. The Balaban J connectivity index is 1.37. The van der Waals surface area contributed by atoms with Crippen molar-refractivity contribution < 1.29 is 4.79 Å². The Morgan fingerprint density at radius 1 is 1.16 bits per heavy atom. The van der Waals surface area contributed by atoms with Crippen LogP contribution in [-0.2, 0) is 24.0 Å². The van der Waals surface area contributed by atoms with Crippen LogP contribution in [0.4, 0.5) is 5.69 Å². The number of fused-ring (bicyclic) bond motifs is 1. The maximum Gasteiger partial charge on any atom is 0.258 e. The number of aryl methyl sites for hydroxylation is 1. The zero-order chi connectivity index (χ0) is 21.8. The fourth-order valence-electron chi connectivity index (χ4n) is 3.03. The van der Waals surface area contributed by atoms with Gasteiger partial charge >= 0.3 is 0 Å². The first kappa shape index (κ1) is 21.1. The number of amides is 1. The third-order valence-electron chi connectivity index (χ3n) is 4.65. The highest BCUT2D eigenvalue weighted by Gasteiger charge is 2.13. The highest BCUT2D eigenvalue weighted by molar-refractivity contribution is 7.98. The average Bonchev–Trinajstić information content (AvgIpc) is 3.12. The summed E-state index contributed by atoms with van der Waals surface area (Å²) < 4.78 is 1.84. The van der Waals surface area contributed by atoms with Crippen LogP contribution in [-0.4, -0.2) is 30.6 Å². The molecule has 10 heteroatoms. The molecule has 0 radical (unpaired) electrons. The highest BCUT2D eigenvalue weighted by atomic mass is 35.5. The number of halogens is 1. The van der Waals surface area contributed by atoms with E-state index in [1.165, 1.54) is 11.8 Å².